The highest BCUT2D eigenvalue weighted by Gasteiger charge is 2.33. The van der Waals surface area contributed by atoms with Crippen molar-refractivity contribution in [2.45, 2.75) is 0 Å². The third-order valence-corrected chi connectivity index (χ3v) is 6.31. The molecule has 1 amide bonds. The molecule has 30 heavy (non-hydrogen) atoms. The maximum atomic E-state index is 12.9. The molecule has 1 heterocycles. The summed E-state index contributed by atoms with van der Waals surface area (Å²) in [4.78, 5) is 26.2. The maximum absolute atomic E-state index is 12.9. The van der Waals surface area contributed by atoms with Gasteiger partial charge in [0, 0.05) is 5.02 Å². The highest BCUT2D eigenvalue weighted by atomic mass is 127. The van der Waals surface area contributed by atoms with Crippen LogP contribution in [0.3, 0.4) is 0 Å². The van der Waals surface area contributed by atoms with Gasteiger partial charge in [0.05, 0.1) is 28.4 Å². The molecule has 2 aromatic rings. The summed E-state index contributed by atoms with van der Waals surface area (Å²) in [5.74, 6) is 0.128. The van der Waals surface area contributed by atoms with Gasteiger partial charge in [-0.05, 0) is 64.6 Å². The van der Waals surface area contributed by atoms with Gasteiger partial charge in [0.1, 0.15) is 0 Å². The molecule has 3 rings (SSSR count). The lowest BCUT2D eigenvalue weighted by atomic mass is 10.1. The third-order valence-electron chi connectivity index (χ3n) is 3.97. The van der Waals surface area contributed by atoms with E-state index in [1.165, 1.54) is 30.9 Å². The molecule has 6 nitrogen and oxygen atoms in total. The number of benzene rings is 2. The lowest BCUT2D eigenvalue weighted by Gasteiger charge is -2.14. The van der Waals surface area contributed by atoms with Crippen LogP contribution in [0, 0.1) is 3.57 Å². The predicted molar refractivity (Wildman–Crippen MR) is 130 cm³/mol. The Bertz CT molecular complexity index is 1060. The smallest absolute Gasteiger partial charge is 0.343 e. The minimum absolute atomic E-state index is 0.229. The van der Waals surface area contributed by atoms with Crippen LogP contribution in [0.15, 0.2) is 41.3 Å². The largest absolute Gasteiger partial charge is 0.493 e. The second-order valence-corrected chi connectivity index (χ2v) is 9.17. The predicted octanol–water partition coefficient (Wildman–Crippen LogP) is 4.91. The van der Waals surface area contributed by atoms with Crippen LogP contribution in [0.2, 0.25) is 5.02 Å². The van der Waals surface area contributed by atoms with Crippen molar-refractivity contribution < 1.29 is 23.8 Å². The number of amides is 1. The summed E-state index contributed by atoms with van der Waals surface area (Å²) in [6.45, 7) is -0.236. The Hall–Kier alpha value is -1.82. The van der Waals surface area contributed by atoms with Gasteiger partial charge < -0.3 is 14.2 Å². The van der Waals surface area contributed by atoms with Crippen LogP contribution in [-0.4, -0.2) is 37.0 Å². The van der Waals surface area contributed by atoms with Gasteiger partial charge in [0.15, 0.2) is 22.4 Å². The van der Waals surface area contributed by atoms with Crippen molar-refractivity contribution in [3.8, 4) is 11.5 Å². The first-order valence-corrected chi connectivity index (χ1v) is 11.1. The minimum atomic E-state index is -0.499. The molecule has 0 spiro atoms. The molecule has 0 bridgehead atoms. The van der Waals surface area contributed by atoms with E-state index >= 15 is 0 Å². The van der Waals surface area contributed by atoms with E-state index < -0.39 is 5.97 Å². The van der Waals surface area contributed by atoms with Crippen LogP contribution in [0.1, 0.15) is 5.56 Å². The van der Waals surface area contributed by atoms with Crippen LogP contribution in [0.25, 0.3) is 6.08 Å². The van der Waals surface area contributed by atoms with Gasteiger partial charge in [-0.25, -0.2) is 4.79 Å². The molecule has 2 aromatic carbocycles. The van der Waals surface area contributed by atoms with Crippen LogP contribution in [0.4, 0.5) is 5.69 Å². The normalized spacial score (nSPS) is 14.9. The topological polar surface area (TPSA) is 65.1 Å². The second-order valence-electron chi connectivity index (χ2n) is 5.90. The zero-order chi connectivity index (χ0) is 21.8. The summed E-state index contributed by atoms with van der Waals surface area (Å²) in [5, 5.41) is 0.521. The molecule has 0 aromatic heterocycles. The van der Waals surface area contributed by atoms with E-state index in [1.54, 1.807) is 36.4 Å². The number of thiocarbonyl (C=S) groups is 1. The molecular weight excluding hydrogens is 561 g/mol. The SMILES string of the molecule is COC(=O)COc1c(I)cc(/C=C2/SC(=S)N(c3cccc(Cl)c3)C2=O)cc1OC. The number of nitrogens with zero attached hydrogens (tertiary/aromatic N) is 1. The molecule has 0 saturated carbocycles. The van der Waals surface area contributed by atoms with E-state index in [0.29, 0.717) is 35.0 Å². The summed E-state index contributed by atoms with van der Waals surface area (Å²) < 4.78 is 16.6. The Balaban J connectivity index is 1.89. The molecule has 1 aliphatic rings. The van der Waals surface area contributed by atoms with E-state index in [-0.39, 0.29) is 12.5 Å². The summed E-state index contributed by atoms with van der Waals surface area (Å²) in [6.07, 6.45) is 1.73. The van der Waals surface area contributed by atoms with E-state index in [0.717, 1.165) is 5.56 Å². The van der Waals surface area contributed by atoms with Gasteiger partial charge in [-0.2, -0.15) is 0 Å². The van der Waals surface area contributed by atoms with Crippen molar-refractivity contribution in [1.82, 2.24) is 0 Å². The fourth-order valence-corrected chi connectivity index (χ4v) is 4.87. The Morgan fingerprint density at radius 2 is 2.07 bits per heavy atom. The van der Waals surface area contributed by atoms with E-state index in [2.05, 4.69) is 27.3 Å². The maximum Gasteiger partial charge on any atom is 0.343 e. The molecule has 1 aliphatic heterocycles. The van der Waals surface area contributed by atoms with E-state index in [4.69, 9.17) is 33.3 Å². The van der Waals surface area contributed by atoms with Gasteiger partial charge in [-0.15, -0.1) is 0 Å². The zero-order valence-corrected chi connectivity index (χ0v) is 20.4. The van der Waals surface area contributed by atoms with Crippen LogP contribution >= 0.6 is 58.2 Å². The number of rotatable bonds is 6. The first kappa shape index (κ1) is 22.9. The van der Waals surface area contributed by atoms with Crippen LogP contribution in [-0.2, 0) is 14.3 Å². The van der Waals surface area contributed by atoms with E-state index in [9.17, 15) is 9.59 Å². The van der Waals surface area contributed by atoms with Gasteiger partial charge in [-0.1, -0.05) is 41.6 Å². The first-order valence-electron chi connectivity index (χ1n) is 8.44. The standard InChI is InChI=1S/C20H15ClINO5S2/c1-26-15-7-11(6-14(22)18(15)28-10-17(24)27-2)8-16-19(25)23(20(29)30-16)13-5-3-4-12(21)9-13/h3-9H,10H2,1-2H3/b16-8+. The minimum Gasteiger partial charge on any atom is -0.493 e. The molecule has 0 unspecified atom stereocenters. The molecule has 0 aliphatic carbocycles. The monoisotopic (exact) mass is 575 g/mol. The van der Waals surface area contributed by atoms with Crippen molar-refractivity contribution in [2.75, 3.05) is 25.7 Å². The Morgan fingerprint density at radius 3 is 2.73 bits per heavy atom. The number of carbonyl (C=O) groups excluding carboxylic acids is 2. The number of methoxy groups -OCH3 is 2. The van der Waals surface area contributed by atoms with Crippen LogP contribution < -0.4 is 14.4 Å². The van der Waals surface area contributed by atoms with Gasteiger partial charge in [-0.3, -0.25) is 9.69 Å². The first-order chi connectivity index (χ1) is 14.3. The van der Waals surface area contributed by atoms with Crippen molar-refractivity contribution in [3.05, 3.63) is 55.5 Å². The van der Waals surface area contributed by atoms with Gasteiger partial charge in [0.2, 0.25) is 0 Å². The van der Waals surface area contributed by atoms with Crippen molar-refractivity contribution in [1.29, 1.82) is 0 Å². The number of ether oxygens (including phenoxy) is 3. The van der Waals surface area contributed by atoms with Crippen molar-refractivity contribution in [3.63, 3.8) is 0 Å². The summed E-state index contributed by atoms with van der Waals surface area (Å²) in [7, 11) is 2.79. The Kier molecular flexibility index (Phi) is 7.61. The van der Waals surface area contributed by atoms with Crippen molar-refractivity contribution >= 4 is 86.1 Å². The average Bonchev–Trinajstić information content (AvgIpc) is 2.99. The summed E-state index contributed by atoms with van der Waals surface area (Å²) in [5.41, 5.74) is 1.35. The number of esters is 1. The fourth-order valence-electron chi connectivity index (χ4n) is 2.61. The molecule has 0 N–H and O–H groups in total. The Morgan fingerprint density at radius 1 is 1.30 bits per heavy atom. The highest BCUT2D eigenvalue weighted by molar-refractivity contribution is 14.1. The molecule has 1 fully saturated rings. The second kappa shape index (κ2) is 9.99. The highest BCUT2D eigenvalue weighted by Crippen LogP contribution is 2.39. The number of anilines is 1. The summed E-state index contributed by atoms with van der Waals surface area (Å²) >= 11 is 14.7. The van der Waals surface area contributed by atoms with E-state index in [1.807, 2.05) is 6.07 Å². The summed E-state index contributed by atoms with van der Waals surface area (Å²) in [6, 6.07) is 10.5. The van der Waals surface area contributed by atoms with Gasteiger partial charge in [0.25, 0.3) is 5.91 Å². The van der Waals surface area contributed by atoms with Crippen molar-refractivity contribution in [2.24, 2.45) is 0 Å². The molecule has 10 heteroatoms. The number of halogens is 2. The molecule has 0 atom stereocenters. The lowest BCUT2D eigenvalue weighted by Crippen LogP contribution is -2.27. The molecule has 0 radical (unpaired) electrons. The molecular formula is C20H15ClINO5S2. The fraction of sp³-hybridized carbons (Fsp3) is 0.150. The average molecular weight is 576 g/mol. The number of thioether (sulfide) groups is 1. The quantitative estimate of drug-likeness (QED) is 0.210. The number of hydrogen-bond acceptors (Lipinski definition) is 7. The molecule has 1 saturated heterocycles. The zero-order valence-electron chi connectivity index (χ0n) is 15.8. The lowest BCUT2D eigenvalue weighted by molar-refractivity contribution is -0.142. The third kappa shape index (κ3) is 5.08. The number of carbonyl (C=O) groups is 2. The number of hydrogen-bond donors (Lipinski definition) is 0. The van der Waals surface area contributed by atoms with Gasteiger partial charge >= 0.3 is 5.97 Å². The Labute approximate surface area is 201 Å². The van der Waals surface area contributed by atoms with Crippen LogP contribution in [0.5, 0.6) is 11.5 Å². The molecule has 156 valence electrons.